The highest BCUT2D eigenvalue weighted by Gasteiger charge is 2.11. The summed E-state index contributed by atoms with van der Waals surface area (Å²) in [6, 6.07) is 12.0. The first-order chi connectivity index (χ1) is 10.1. The lowest BCUT2D eigenvalue weighted by molar-refractivity contribution is 0.306. The molecule has 2 aromatic carbocycles. The predicted molar refractivity (Wildman–Crippen MR) is 90.1 cm³/mol. The van der Waals surface area contributed by atoms with Gasteiger partial charge in [-0.05, 0) is 54.2 Å². The molecule has 0 unspecified atom stereocenters. The first-order valence-corrected chi connectivity index (χ1v) is 7.75. The molecule has 4 heteroatoms. The normalized spacial score (nSPS) is 13.0. The minimum Gasteiger partial charge on any atom is -0.489 e. The van der Waals surface area contributed by atoms with Crippen LogP contribution in [0.3, 0.4) is 0 Å². The molecule has 108 valence electrons. The fourth-order valence-electron chi connectivity index (χ4n) is 2.67. The van der Waals surface area contributed by atoms with Crippen molar-refractivity contribution >= 4 is 28.8 Å². The lowest BCUT2D eigenvalue weighted by atomic mass is 10.1. The number of nitrogens with two attached hydrogens (primary N) is 1. The van der Waals surface area contributed by atoms with Gasteiger partial charge in [-0.15, -0.1) is 0 Å². The van der Waals surface area contributed by atoms with Gasteiger partial charge in [0.25, 0.3) is 0 Å². The molecule has 0 spiro atoms. The Morgan fingerprint density at radius 3 is 2.71 bits per heavy atom. The van der Waals surface area contributed by atoms with E-state index < -0.39 is 0 Å². The van der Waals surface area contributed by atoms with Gasteiger partial charge in [-0.25, -0.2) is 0 Å². The molecule has 2 nitrogen and oxygen atoms in total. The Morgan fingerprint density at radius 1 is 1.14 bits per heavy atom. The Bertz CT molecular complexity index is 699. The van der Waals surface area contributed by atoms with Gasteiger partial charge in [-0.2, -0.15) is 0 Å². The molecule has 0 fully saturated rings. The van der Waals surface area contributed by atoms with E-state index in [1.165, 1.54) is 36.0 Å². The standard InChI is InChI=1S/C17H16ClNOS/c18-16-9-14(6-7-15(16)17(19)21)20-10-11-4-5-12-2-1-3-13(12)8-11/h4-9H,1-3,10H2,(H2,19,21). The molecule has 1 aliphatic rings. The lowest BCUT2D eigenvalue weighted by Crippen LogP contribution is -2.09. The third-order valence-corrected chi connectivity index (χ3v) is 4.31. The maximum atomic E-state index is 6.14. The summed E-state index contributed by atoms with van der Waals surface area (Å²) in [4.78, 5) is 0.296. The van der Waals surface area contributed by atoms with Gasteiger partial charge in [-0.1, -0.05) is 42.0 Å². The molecule has 0 heterocycles. The number of benzene rings is 2. The fraction of sp³-hybridized carbons (Fsp3) is 0.235. The zero-order valence-electron chi connectivity index (χ0n) is 11.6. The summed E-state index contributed by atoms with van der Waals surface area (Å²) in [5.41, 5.74) is 10.4. The van der Waals surface area contributed by atoms with Crippen molar-refractivity contribution in [3.8, 4) is 5.75 Å². The first kappa shape index (κ1) is 14.4. The number of hydrogen-bond donors (Lipinski definition) is 1. The molecule has 0 saturated heterocycles. The molecule has 1 aliphatic carbocycles. The van der Waals surface area contributed by atoms with Gasteiger partial charge >= 0.3 is 0 Å². The maximum absolute atomic E-state index is 6.14. The van der Waals surface area contributed by atoms with Crippen molar-refractivity contribution in [1.82, 2.24) is 0 Å². The number of aryl methyl sites for hydroxylation is 2. The molecule has 3 rings (SSSR count). The number of halogens is 1. The van der Waals surface area contributed by atoms with Crippen LogP contribution in [-0.2, 0) is 19.4 Å². The second-order valence-electron chi connectivity index (χ2n) is 5.25. The molecule has 0 amide bonds. The third-order valence-electron chi connectivity index (χ3n) is 3.77. The van der Waals surface area contributed by atoms with Gasteiger partial charge in [0.05, 0.1) is 5.02 Å². The summed E-state index contributed by atoms with van der Waals surface area (Å²) in [5, 5.41) is 0.522. The minimum absolute atomic E-state index is 0.296. The SMILES string of the molecule is NC(=S)c1ccc(OCc2ccc3c(c2)CCC3)cc1Cl. The van der Waals surface area contributed by atoms with Crippen molar-refractivity contribution in [3.05, 3.63) is 63.7 Å². The Balaban J connectivity index is 1.70. The largest absolute Gasteiger partial charge is 0.489 e. The van der Waals surface area contributed by atoms with Crippen LogP contribution >= 0.6 is 23.8 Å². The molecule has 21 heavy (non-hydrogen) atoms. The average molecular weight is 318 g/mol. The number of thiocarbonyl (C=S) groups is 1. The van der Waals surface area contributed by atoms with Gasteiger partial charge in [0.1, 0.15) is 17.3 Å². The monoisotopic (exact) mass is 317 g/mol. The van der Waals surface area contributed by atoms with E-state index in [4.69, 9.17) is 34.3 Å². The molecule has 2 N–H and O–H groups in total. The molecule has 0 aromatic heterocycles. The molecule has 0 radical (unpaired) electrons. The number of rotatable bonds is 4. The van der Waals surface area contributed by atoms with Crippen LogP contribution in [0, 0.1) is 0 Å². The van der Waals surface area contributed by atoms with E-state index in [1.807, 2.05) is 6.07 Å². The summed E-state index contributed by atoms with van der Waals surface area (Å²) in [7, 11) is 0. The molecule has 0 atom stereocenters. The highest BCUT2D eigenvalue weighted by Crippen LogP contribution is 2.25. The van der Waals surface area contributed by atoms with E-state index in [0.29, 0.717) is 22.2 Å². The van der Waals surface area contributed by atoms with Gasteiger partial charge in [0.15, 0.2) is 0 Å². The molecule has 0 aliphatic heterocycles. The van der Waals surface area contributed by atoms with Crippen LogP contribution in [0.1, 0.15) is 28.7 Å². The summed E-state index contributed by atoms with van der Waals surface area (Å²) in [6.45, 7) is 0.538. The van der Waals surface area contributed by atoms with Crippen molar-refractivity contribution < 1.29 is 4.74 Å². The van der Waals surface area contributed by atoms with E-state index in [2.05, 4.69) is 18.2 Å². The maximum Gasteiger partial charge on any atom is 0.121 e. The van der Waals surface area contributed by atoms with Crippen LogP contribution in [0.2, 0.25) is 5.02 Å². The minimum atomic E-state index is 0.296. The lowest BCUT2D eigenvalue weighted by Gasteiger charge is -2.10. The van der Waals surface area contributed by atoms with Gasteiger partial charge in [0.2, 0.25) is 0 Å². The van der Waals surface area contributed by atoms with Crippen molar-refractivity contribution in [2.24, 2.45) is 5.73 Å². The number of hydrogen-bond acceptors (Lipinski definition) is 2. The topological polar surface area (TPSA) is 35.2 Å². The van der Waals surface area contributed by atoms with Crippen LogP contribution in [-0.4, -0.2) is 4.99 Å². The van der Waals surface area contributed by atoms with Crippen LogP contribution in [0.15, 0.2) is 36.4 Å². The highest BCUT2D eigenvalue weighted by molar-refractivity contribution is 7.80. The smallest absolute Gasteiger partial charge is 0.121 e. The van der Waals surface area contributed by atoms with E-state index in [0.717, 1.165) is 5.75 Å². The second-order valence-corrected chi connectivity index (χ2v) is 6.10. The summed E-state index contributed by atoms with van der Waals surface area (Å²) in [6.07, 6.45) is 3.64. The Hall–Kier alpha value is -1.58. The Kier molecular flexibility index (Phi) is 4.13. The first-order valence-electron chi connectivity index (χ1n) is 6.96. The van der Waals surface area contributed by atoms with E-state index in [1.54, 1.807) is 12.1 Å². The van der Waals surface area contributed by atoms with Crippen LogP contribution in [0.5, 0.6) is 5.75 Å². The van der Waals surface area contributed by atoms with Crippen LogP contribution in [0.25, 0.3) is 0 Å². The molecular formula is C17H16ClNOS. The van der Waals surface area contributed by atoms with Crippen LogP contribution < -0.4 is 10.5 Å². The average Bonchev–Trinajstić information content (AvgIpc) is 2.92. The molecule has 2 aromatic rings. The Labute approximate surface area is 134 Å². The summed E-state index contributed by atoms with van der Waals surface area (Å²) >= 11 is 11.1. The quantitative estimate of drug-likeness (QED) is 0.864. The highest BCUT2D eigenvalue weighted by atomic mass is 35.5. The van der Waals surface area contributed by atoms with Crippen LogP contribution in [0.4, 0.5) is 0 Å². The van der Waals surface area contributed by atoms with Crippen molar-refractivity contribution in [2.45, 2.75) is 25.9 Å². The predicted octanol–water partition coefficient (Wildman–Crippen LogP) is 4.04. The Morgan fingerprint density at radius 2 is 1.95 bits per heavy atom. The van der Waals surface area contributed by atoms with Gasteiger partial charge < -0.3 is 10.5 Å². The van der Waals surface area contributed by atoms with E-state index in [9.17, 15) is 0 Å². The summed E-state index contributed by atoms with van der Waals surface area (Å²) in [5.74, 6) is 0.723. The molecular weight excluding hydrogens is 302 g/mol. The zero-order chi connectivity index (χ0) is 14.8. The van der Waals surface area contributed by atoms with Crippen molar-refractivity contribution in [2.75, 3.05) is 0 Å². The molecule has 0 saturated carbocycles. The number of ether oxygens (including phenoxy) is 1. The van der Waals surface area contributed by atoms with Crippen molar-refractivity contribution in [1.29, 1.82) is 0 Å². The van der Waals surface area contributed by atoms with E-state index in [-0.39, 0.29) is 0 Å². The van der Waals surface area contributed by atoms with Crippen molar-refractivity contribution in [3.63, 3.8) is 0 Å². The fourth-order valence-corrected chi connectivity index (χ4v) is 3.17. The third kappa shape index (κ3) is 3.20. The van der Waals surface area contributed by atoms with Gasteiger partial charge in [-0.3, -0.25) is 0 Å². The zero-order valence-corrected chi connectivity index (χ0v) is 13.1. The second kappa shape index (κ2) is 6.04. The number of fused-ring (bicyclic) bond motifs is 1. The van der Waals surface area contributed by atoms with E-state index >= 15 is 0 Å². The summed E-state index contributed by atoms with van der Waals surface area (Å²) < 4.78 is 5.80. The van der Waals surface area contributed by atoms with Gasteiger partial charge in [0, 0.05) is 5.56 Å². The molecule has 0 bridgehead atoms.